The Hall–Kier alpha value is -1.95. The number of hydrogen-bond donors (Lipinski definition) is 0. The third-order valence-electron chi connectivity index (χ3n) is 3.86. The third kappa shape index (κ3) is 3.44. The van der Waals surface area contributed by atoms with Crippen molar-refractivity contribution < 1.29 is 4.79 Å². The summed E-state index contributed by atoms with van der Waals surface area (Å²) in [5.74, 6) is 0.238. The summed E-state index contributed by atoms with van der Waals surface area (Å²) in [6.07, 6.45) is 1.41. The molecule has 0 radical (unpaired) electrons. The van der Waals surface area contributed by atoms with Gasteiger partial charge in [0.05, 0.1) is 0 Å². The van der Waals surface area contributed by atoms with Crippen molar-refractivity contribution in [3.8, 4) is 0 Å². The fourth-order valence-corrected chi connectivity index (χ4v) is 3.51. The molecule has 22 heavy (non-hydrogen) atoms. The van der Waals surface area contributed by atoms with Gasteiger partial charge in [-0.25, -0.2) is 0 Å². The third-order valence-corrected chi connectivity index (χ3v) is 4.84. The fourth-order valence-electron chi connectivity index (χ4n) is 2.59. The Labute approximate surface area is 134 Å². The molecular formula is C16H20N4OS. The van der Waals surface area contributed by atoms with Gasteiger partial charge in [0.1, 0.15) is 5.01 Å². The van der Waals surface area contributed by atoms with Crippen molar-refractivity contribution in [3.63, 3.8) is 0 Å². The van der Waals surface area contributed by atoms with Gasteiger partial charge in [0, 0.05) is 39.0 Å². The Kier molecular flexibility index (Phi) is 4.68. The van der Waals surface area contributed by atoms with E-state index >= 15 is 0 Å². The molecule has 6 heteroatoms. The van der Waals surface area contributed by atoms with Crippen LogP contribution in [0.5, 0.6) is 0 Å². The number of hydrogen-bond acceptors (Lipinski definition) is 5. The summed E-state index contributed by atoms with van der Waals surface area (Å²) in [5.41, 5.74) is 1.25. The van der Waals surface area contributed by atoms with Crippen LogP contribution in [-0.2, 0) is 11.2 Å². The molecule has 0 N–H and O–H groups in total. The Balaban J connectivity index is 1.59. The normalized spacial score (nSPS) is 15.1. The molecule has 0 aliphatic carbocycles. The van der Waals surface area contributed by atoms with Gasteiger partial charge in [0.15, 0.2) is 0 Å². The molecule has 2 heterocycles. The average molecular weight is 316 g/mol. The van der Waals surface area contributed by atoms with E-state index in [2.05, 4.69) is 27.2 Å². The van der Waals surface area contributed by atoms with Crippen molar-refractivity contribution >= 4 is 22.4 Å². The smallest absolute Gasteiger partial charge is 0.222 e. The van der Waals surface area contributed by atoms with Crippen molar-refractivity contribution in [2.45, 2.75) is 19.8 Å². The molecule has 0 saturated carbocycles. The van der Waals surface area contributed by atoms with E-state index in [1.54, 1.807) is 11.3 Å². The quantitative estimate of drug-likeness (QED) is 0.867. The minimum absolute atomic E-state index is 0.238. The van der Waals surface area contributed by atoms with Gasteiger partial charge in [-0.2, -0.15) is 0 Å². The first-order valence-corrected chi connectivity index (χ1v) is 8.47. The number of rotatable bonds is 4. The summed E-state index contributed by atoms with van der Waals surface area (Å²) >= 11 is 1.65. The molecule has 0 spiro atoms. The molecule has 0 atom stereocenters. The van der Waals surface area contributed by atoms with E-state index in [0.717, 1.165) is 42.7 Å². The van der Waals surface area contributed by atoms with Crippen LogP contribution in [0.3, 0.4) is 0 Å². The highest BCUT2D eigenvalue weighted by Gasteiger charge is 2.22. The number of carbonyl (C=O) groups is 1. The Morgan fingerprint density at radius 1 is 1.14 bits per heavy atom. The van der Waals surface area contributed by atoms with E-state index in [1.807, 2.05) is 30.0 Å². The molecule has 2 aromatic rings. The monoisotopic (exact) mass is 316 g/mol. The Morgan fingerprint density at radius 3 is 2.55 bits per heavy atom. The molecule has 3 rings (SSSR count). The molecule has 116 valence electrons. The number of benzene rings is 1. The van der Waals surface area contributed by atoms with E-state index in [1.165, 1.54) is 5.56 Å². The lowest BCUT2D eigenvalue weighted by Gasteiger charge is -2.34. The SMILES string of the molecule is CCC(=O)N1CCN(c2nnc(Cc3ccccc3)s2)CC1. The van der Waals surface area contributed by atoms with Gasteiger partial charge in [-0.3, -0.25) is 4.79 Å². The second kappa shape index (κ2) is 6.87. The Morgan fingerprint density at radius 2 is 1.86 bits per heavy atom. The molecule has 1 aromatic carbocycles. The van der Waals surface area contributed by atoms with Crippen LogP contribution in [0.2, 0.25) is 0 Å². The summed E-state index contributed by atoms with van der Waals surface area (Å²) in [6.45, 7) is 5.15. The lowest BCUT2D eigenvalue weighted by atomic mass is 10.2. The molecule has 1 aliphatic rings. The van der Waals surface area contributed by atoms with Gasteiger partial charge in [-0.1, -0.05) is 48.6 Å². The Bertz CT molecular complexity index is 620. The molecule has 1 aliphatic heterocycles. The van der Waals surface area contributed by atoms with E-state index in [9.17, 15) is 4.79 Å². The van der Waals surface area contributed by atoms with Crippen LogP contribution in [0.25, 0.3) is 0 Å². The number of nitrogens with zero attached hydrogens (tertiary/aromatic N) is 4. The topological polar surface area (TPSA) is 49.3 Å². The highest BCUT2D eigenvalue weighted by Crippen LogP contribution is 2.23. The van der Waals surface area contributed by atoms with Gasteiger partial charge in [-0.15, -0.1) is 10.2 Å². The van der Waals surface area contributed by atoms with Crippen molar-refractivity contribution in [2.24, 2.45) is 0 Å². The maximum atomic E-state index is 11.7. The molecule has 1 amide bonds. The highest BCUT2D eigenvalue weighted by atomic mass is 32.1. The number of anilines is 1. The van der Waals surface area contributed by atoms with Crippen LogP contribution >= 0.6 is 11.3 Å². The van der Waals surface area contributed by atoms with Crippen LogP contribution < -0.4 is 4.90 Å². The van der Waals surface area contributed by atoms with Crippen LogP contribution in [0.1, 0.15) is 23.9 Å². The van der Waals surface area contributed by atoms with Crippen LogP contribution in [-0.4, -0.2) is 47.2 Å². The second-order valence-electron chi connectivity index (χ2n) is 5.36. The van der Waals surface area contributed by atoms with Gasteiger partial charge in [0.25, 0.3) is 0 Å². The average Bonchev–Trinajstić information content (AvgIpc) is 3.04. The zero-order valence-corrected chi connectivity index (χ0v) is 13.6. The number of piperazine rings is 1. The number of aromatic nitrogens is 2. The first-order chi connectivity index (χ1) is 10.8. The molecule has 1 aromatic heterocycles. The maximum absolute atomic E-state index is 11.7. The van der Waals surface area contributed by atoms with Crippen molar-refractivity contribution in [1.82, 2.24) is 15.1 Å². The largest absolute Gasteiger partial charge is 0.343 e. The maximum Gasteiger partial charge on any atom is 0.222 e. The van der Waals surface area contributed by atoms with Crippen LogP contribution in [0.15, 0.2) is 30.3 Å². The van der Waals surface area contributed by atoms with Gasteiger partial charge in [0.2, 0.25) is 11.0 Å². The lowest BCUT2D eigenvalue weighted by molar-refractivity contribution is -0.131. The molecule has 0 unspecified atom stereocenters. The van der Waals surface area contributed by atoms with Gasteiger partial charge in [-0.05, 0) is 5.56 Å². The van der Waals surface area contributed by atoms with Crippen LogP contribution in [0, 0.1) is 0 Å². The summed E-state index contributed by atoms with van der Waals surface area (Å²) in [5, 5.41) is 10.6. The summed E-state index contributed by atoms with van der Waals surface area (Å²) < 4.78 is 0. The predicted molar refractivity (Wildman–Crippen MR) is 88.2 cm³/mol. The lowest BCUT2D eigenvalue weighted by Crippen LogP contribution is -2.48. The second-order valence-corrected chi connectivity index (χ2v) is 6.40. The molecule has 1 fully saturated rings. The molecular weight excluding hydrogens is 296 g/mol. The summed E-state index contributed by atoms with van der Waals surface area (Å²) in [7, 11) is 0. The summed E-state index contributed by atoms with van der Waals surface area (Å²) in [4.78, 5) is 15.9. The standard InChI is InChI=1S/C16H20N4OS/c1-2-15(21)19-8-10-20(11-9-19)16-18-17-14(22-16)12-13-6-4-3-5-7-13/h3-7H,2,8-12H2,1H3. The first kappa shape index (κ1) is 15.0. The van der Waals surface area contributed by atoms with Crippen molar-refractivity contribution in [1.29, 1.82) is 0 Å². The predicted octanol–water partition coefficient (Wildman–Crippen LogP) is 2.19. The van der Waals surface area contributed by atoms with Crippen molar-refractivity contribution in [3.05, 3.63) is 40.9 Å². The van der Waals surface area contributed by atoms with Gasteiger partial charge >= 0.3 is 0 Å². The molecule has 0 bridgehead atoms. The number of amides is 1. The molecule has 1 saturated heterocycles. The zero-order valence-electron chi connectivity index (χ0n) is 12.7. The highest BCUT2D eigenvalue weighted by molar-refractivity contribution is 7.15. The minimum atomic E-state index is 0.238. The zero-order chi connectivity index (χ0) is 15.4. The van der Waals surface area contributed by atoms with E-state index in [4.69, 9.17) is 0 Å². The van der Waals surface area contributed by atoms with Gasteiger partial charge < -0.3 is 9.80 Å². The van der Waals surface area contributed by atoms with E-state index in [-0.39, 0.29) is 5.91 Å². The molecule has 5 nitrogen and oxygen atoms in total. The van der Waals surface area contributed by atoms with E-state index < -0.39 is 0 Å². The van der Waals surface area contributed by atoms with Crippen LogP contribution in [0.4, 0.5) is 5.13 Å². The van der Waals surface area contributed by atoms with Crippen molar-refractivity contribution in [2.75, 3.05) is 31.1 Å². The first-order valence-electron chi connectivity index (χ1n) is 7.65. The van der Waals surface area contributed by atoms with E-state index in [0.29, 0.717) is 6.42 Å². The summed E-state index contributed by atoms with van der Waals surface area (Å²) in [6, 6.07) is 10.3. The number of carbonyl (C=O) groups excluding carboxylic acids is 1. The minimum Gasteiger partial charge on any atom is -0.343 e. The fraction of sp³-hybridized carbons (Fsp3) is 0.438.